The summed E-state index contributed by atoms with van der Waals surface area (Å²) in [5.41, 5.74) is 1.16. The second kappa shape index (κ2) is 5.50. The Morgan fingerprint density at radius 1 is 1.19 bits per heavy atom. The molecule has 0 bridgehead atoms. The van der Waals surface area contributed by atoms with Crippen molar-refractivity contribution in [2.45, 2.75) is 33.9 Å². The fourth-order valence-corrected chi connectivity index (χ4v) is 2.88. The van der Waals surface area contributed by atoms with Gasteiger partial charge in [0.25, 0.3) is 0 Å². The molecule has 0 radical (unpaired) electrons. The zero-order chi connectivity index (χ0) is 12.2. The molecule has 0 unspecified atom stereocenters. The van der Waals surface area contributed by atoms with Crippen molar-refractivity contribution in [2.24, 2.45) is 5.92 Å². The Hall–Kier alpha value is -0.803. The van der Waals surface area contributed by atoms with E-state index in [1.807, 2.05) is 18.2 Å². The Morgan fingerprint density at radius 2 is 1.81 bits per heavy atom. The molecule has 2 nitrogen and oxygen atoms in total. The van der Waals surface area contributed by atoms with Crippen molar-refractivity contribution < 1.29 is 8.85 Å². The third-order valence-corrected chi connectivity index (χ3v) is 3.79. The molecule has 90 valence electrons. The normalized spacial score (nSPS) is 11.9. The highest BCUT2D eigenvalue weighted by Gasteiger charge is 2.27. The minimum absolute atomic E-state index is 0.548. The van der Waals surface area contributed by atoms with Gasteiger partial charge in [0.15, 0.2) is 0 Å². The average Bonchev–Trinajstić information content (AvgIpc) is 2.19. The first kappa shape index (κ1) is 13.3. The van der Waals surface area contributed by atoms with Crippen LogP contribution in [0.2, 0.25) is 13.1 Å². The van der Waals surface area contributed by atoms with E-state index in [4.69, 9.17) is 8.85 Å². The zero-order valence-electron chi connectivity index (χ0n) is 10.9. The molecule has 1 aromatic carbocycles. The summed E-state index contributed by atoms with van der Waals surface area (Å²) in [4.78, 5) is 0. The minimum Gasteiger partial charge on any atom is -0.520 e. The number of hydrogen-bond donors (Lipinski definition) is 0. The maximum absolute atomic E-state index is 6.00. The summed E-state index contributed by atoms with van der Waals surface area (Å²) >= 11 is 0. The second-order valence-electron chi connectivity index (χ2n) is 4.97. The maximum atomic E-state index is 6.00. The summed E-state index contributed by atoms with van der Waals surface area (Å²) in [5, 5.41) is 0. The van der Waals surface area contributed by atoms with Gasteiger partial charge in [0.2, 0.25) is 0 Å². The van der Waals surface area contributed by atoms with E-state index in [0.29, 0.717) is 5.92 Å². The van der Waals surface area contributed by atoms with Crippen LogP contribution in [0.3, 0.4) is 0 Å². The molecule has 0 aliphatic rings. The van der Waals surface area contributed by atoms with Crippen molar-refractivity contribution in [3.63, 3.8) is 0 Å². The molecule has 0 heterocycles. The molecule has 3 heteroatoms. The Bertz CT molecular complexity index is 334. The van der Waals surface area contributed by atoms with Crippen molar-refractivity contribution in [1.29, 1.82) is 0 Å². The molecular weight excluding hydrogens is 216 g/mol. The summed E-state index contributed by atoms with van der Waals surface area (Å²) in [5.74, 6) is 1.50. The molecule has 1 rings (SSSR count). The van der Waals surface area contributed by atoms with Gasteiger partial charge in [-0.25, -0.2) is 0 Å². The lowest BCUT2D eigenvalue weighted by atomic mass is 10.2. The first-order valence-corrected chi connectivity index (χ1v) is 8.61. The van der Waals surface area contributed by atoms with E-state index in [0.717, 1.165) is 17.9 Å². The molecule has 0 aliphatic heterocycles. The van der Waals surface area contributed by atoms with Gasteiger partial charge in [-0.2, -0.15) is 0 Å². The van der Waals surface area contributed by atoms with Crippen molar-refractivity contribution in [2.75, 3.05) is 6.61 Å². The number of rotatable bonds is 5. The lowest BCUT2D eigenvalue weighted by molar-refractivity contribution is 0.216. The van der Waals surface area contributed by atoms with Crippen LogP contribution in [0.25, 0.3) is 0 Å². The lowest BCUT2D eigenvalue weighted by Crippen LogP contribution is -2.39. The van der Waals surface area contributed by atoms with E-state index in [1.54, 1.807) is 0 Å². The number of aryl methyl sites for hydroxylation is 1. The zero-order valence-corrected chi connectivity index (χ0v) is 11.9. The monoisotopic (exact) mass is 238 g/mol. The van der Waals surface area contributed by atoms with Gasteiger partial charge >= 0.3 is 8.56 Å². The summed E-state index contributed by atoms with van der Waals surface area (Å²) < 4.78 is 11.9. The molecular formula is C13H22O2Si. The fraction of sp³-hybridized carbons (Fsp3) is 0.538. The molecule has 0 aromatic heterocycles. The molecule has 0 spiro atoms. The molecule has 0 amide bonds. The third kappa shape index (κ3) is 4.37. The highest BCUT2D eigenvalue weighted by atomic mass is 28.4. The maximum Gasteiger partial charge on any atom is 0.392 e. The largest absolute Gasteiger partial charge is 0.520 e. The molecule has 0 saturated heterocycles. The van der Waals surface area contributed by atoms with Crippen LogP contribution < -0.4 is 4.43 Å². The van der Waals surface area contributed by atoms with Gasteiger partial charge in [-0.1, -0.05) is 32.0 Å². The van der Waals surface area contributed by atoms with Crippen LogP contribution in [0, 0.1) is 12.8 Å². The Kier molecular flexibility index (Phi) is 4.56. The van der Waals surface area contributed by atoms with Crippen LogP contribution in [0.1, 0.15) is 19.4 Å². The number of para-hydroxylation sites is 1. The van der Waals surface area contributed by atoms with Crippen LogP contribution in [-0.2, 0) is 4.43 Å². The SMILES string of the molecule is Cc1ccccc1O[Si](C)(C)OCC(C)C. The highest BCUT2D eigenvalue weighted by Crippen LogP contribution is 2.21. The average molecular weight is 238 g/mol. The van der Waals surface area contributed by atoms with Gasteiger partial charge in [0.1, 0.15) is 5.75 Å². The number of benzene rings is 1. The molecule has 0 N–H and O–H groups in total. The van der Waals surface area contributed by atoms with Gasteiger partial charge < -0.3 is 8.85 Å². The van der Waals surface area contributed by atoms with E-state index in [2.05, 4.69) is 39.9 Å². The predicted molar refractivity (Wildman–Crippen MR) is 70.1 cm³/mol. The third-order valence-electron chi connectivity index (χ3n) is 2.21. The predicted octanol–water partition coefficient (Wildman–Crippen LogP) is 3.75. The Morgan fingerprint density at radius 3 is 2.38 bits per heavy atom. The quantitative estimate of drug-likeness (QED) is 0.727. The standard InChI is InChI=1S/C13H22O2Si/c1-11(2)10-14-16(4,5)15-13-9-7-6-8-12(13)3/h6-9,11H,10H2,1-5H3. The van der Waals surface area contributed by atoms with E-state index in [-0.39, 0.29) is 0 Å². The molecule has 1 aromatic rings. The minimum atomic E-state index is -2.04. The van der Waals surface area contributed by atoms with Crippen LogP contribution in [0.15, 0.2) is 24.3 Å². The number of hydrogen-bond acceptors (Lipinski definition) is 2. The smallest absolute Gasteiger partial charge is 0.392 e. The molecule has 0 atom stereocenters. The summed E-state index contributed by atoms with van der Waals surface area (Å²) in [6, 6.07) is 8.08. The fourth-order valence-electron chi connectivity index (χ4n) is 1.33. The van der Waals surface area contributed by atoms with Crippen molar-refractivity contribution in [1.82, 2.24) is 0 Å². The molecule has 16 heavy (non-hydrogen) atoms. The van der Waals surface area contributed by atoms with Crippen LogP contribution in [-0.4, -0.2) is 15.2 Å². The lowest BCUT2D eigenvalue weighted by Gasteiger charge is -2.25. The second-order valence-corrected chi connectivity index (χ2v) is 8.26. The van der Waals surface area contributed by atoms with Gasteiger partial charge in [0, 0.05) is 6.61 Å². The van der Waals surface area contributed by atoms with Crippen LogP contribution >= 0.6 is 0 Å². The summed E-state index contributed by atoms with van der Waals surface area (Å²) in [6.45, 7) is 11.3. The van der Waals surface area contributed by atoms with E-state index < -0.39 is 8.56 Å². The van der Waals surface area contributed by atoms with E-state index >= 15 is 0 Å². The first-order chi connectivity index (χ1) is 7.41. The van der Waals surface area contributed by atoms with Crippen molar-refractivity contribution in [3.8, 4) is 5.75 Å². The Balaban J connectivity index is 2.62. The highest BCUT2D eigenvalue weighted by molar-refractivity contribution is 6.65. The molecule has 0 aliphatic carbocycles. The van der Waals surface area contributed by atoms with Crippen LogP contribution in [0.5, 0.6) is 5.75 Å². The van der Waals surface area contributed by atoms with Gasteiger partial charge in [-0.05, 0) is 37.6 Å². The summed E-state index contributed by atoms with van der Waals surface area (Å²) in [6.07, 6.45) is 0. The first-order valence-electron chi connectivity index (χ1n) is 5.79. The van der Waals surface area contributed by atoms with E-state index in [1.165, 1.54) is 0 Å². The molecule has 0 fully saturated rings. The Labute approximate surface area is 99.8 Å². The van der Waals surface area contributed by atoms with E-state index in [9.17, 15) is 0 Å². The van der Waals surface area contributed by atoms with Gasteiger partial charge in [-0.3, -0.25) is 0 Å². The van der Waals surface area contributed by atoms with Gasteiger partial charge in [-0.15, -0.1) is 0 Å². The molecule has 0 saturated carbocycles. The van der Waals surface area contributed by atoms with Crippen LogP contribution in [0.4, 0.5) is 0 Å². The summed E-state index contributed by atoms with van der Waals surface area (Å²) in [7, 11) is -2.04. The van der Waals surface area contributed by atoms with Crippen molar-refractivity contribution >= 4 is 8.56 Å². The van der Waals surface area contributed by atoms with Crippen molar-refractivity contribution in [3.05, 3.63) is 29.8 Å². The topological polar surface area (TPSA) is 18.5 Å². The van der Waals surface area contributed by atoms with Gasteiger partial charge in [0.05, 0.1) is 0 Å².